The van der Waals surface area contributed by atoms with Gasteiger partial charge in [-0.15, -0.1) is 0 Å². The molecule has 2 unspecified atom stereocenters. The molecule has 0 bridgehead atoms. The molecule has 2 atom stereocenters. The molecule has 1 aliphatic heterocycles. The fourth-order valence-corrected chi connectivity index (χ4v) is 2.18. The summed E-state index contributed by atoms with van der Waals surface area (Å²) in [5, 5.41) is 0. The van der Waals surface area contributed by atoms with Gasteiger partial charge in [0.25, 0.3) is 0 Å². The molecular weight excluding hydrogens is 202 g/mol. The fourth-order valence-electron chi connectivity index (χ4n) is 2.18. The molecule has 0 saturated carbocycles. The van der Waals surface area contributed by atoms with Gasteiger partial charge in [-0.1, -0.05) is 0 Å². The van der Waals surface area contributed by atoms with Crippen molar-refractivity contribution in [3.8, 4) is 0 Å². The topological polar surface area (TPSA) is 50.5 Å². The highest BCUT2D eigenvalue weighted by Crippen LogP contribution is 2.23. The van der Waals surface area contributed by atoms with Crippen molar-refractivity contribution in [2.45, 2.75) is 57.2 Å². The summed E-state index contributed by atoms with van der Waals surface area (Å²) < 4.78 is 5.64. The Kier molecular flexibility index (Phi) is 5.18. The Morgan fingerprint density at radius 3 is 2.62 bits per heavy atom. The third-order valence-corrected chi connectivity index (χ3v) is 4.01. The number of nitrogens with one attached hydrogen (secondary N) is 1. The van der Waals surface area contributed by atoms with Crippen molar-refractivity contribution in [1.29, 1.82) is 0 Å². The van der Waals surface area contributed by atoms with Crippen LogP contribution in [0.5, 0.6) is 0 Å². The molecule has 16 heavy (non-hydrogen) atoms. The third-order valence-electron chi connectivity index (χ3n) is 4.01. The maximum Gasteiger partial charge on any atom is 0.0576 e. The number of nitrogens with zero attached hydrogens (tertiary/aromatic N) is 1. The summed E-state index contributed by atoms with van der Waals surface area (Å²) in [5.74, 6) is 5.66. The van der Waals surface area contributed by atoms with Crippen molar-refractivity contribution >= 4 is 0 Å². The van der Waals surface area contributed by atoms with Gasteiger partial charge in [-0.3, -0.25) is 11.3 Å². The Balaban J connectivity index is 2.41. The number of hydrogen-bond acceptors (Lipinski definition) is 4. The number of nitrogens with two attached hydrogens (primary N) is 1. The predicted octanol–water partition coefficient (Wildman–Crippen LogP) is 1.12. The normalized spacial score (nSPS) is 24.0. The monoisotopic (exact) mass is 229 g/mol. The maximum absolute atomic E-state index is 5.66. The summed E-state index contributed by atoms with van der Waals surface area (Å²) in [6.45, 7) is 5.36. The third kappa shape index (κ3) is 3.42. The van der Waals surface area contributed by atoms with Crippen LogP contribution in [0.4, 0.5) is 0 Å². The van der Waals surface area contributed by atoms with Crippen LogP contribution in [0.1, 0.15) is 39.5 Å². The van der Waals surface area contributed by atoms with E-state index >= 15 is 0 Å². The molecule has 4 heteroatoms. The summed E-state index contributed by atoms with van der Waals surface area (Å²) in [6.07, 6.45) is 5.04. The minimum Gasteiger partial charge on any atom is -0.378 e. The van der Waals surface area contributed by atoms with Crippen LogP contribution in [0, 0.1) is 0 Å². The standard InChI is InChI=1S/C12H27N3O/c1-12(2,15(3)4)11(14-13)8-7-10-6-5-9-16-10/h10-11,14H,5-9,13H2,1-4H3. The van der Waals surface area contributed by atoms with E-state index in [-0.39, 0.29) is 5.54 Å². The number of hydrazine groups is 1. The van der Waals surface area contributed by atoms with E-state index in [0.29, 0.717) is 12.1 Å². The summed E-state index contributed by atoms with van der Waals surface area (Å²) in [6, 6.07) is 0.298. The molecule has 1 fully saturated rings. The minimum atomic E-state index is 0.0629. The second-order valence-corrected chi connectivity index (χ2v) is 5.48. The van der Waals surface area contributed by atoms with Crippen molar-refractivity contribution in [3.05, 3.63) is 0 Å². The first-order chi connectivity index (χ1) is 7.48. The first-order valence-electron chi connectivity index (χ1n) is 6.23. The van der Waals surface area contributed by atoms with E-state index < -0.39 is 0 Å². The molecule has 0 aromatic carbocycles. The molecule has 0 radical (unpaired) electrons. The molecule has 96 valence electrons. The Labute approximate surface area is 99.5 Å². The second-order valence-electron chi connectivity index (χ2n) is 5.48. The number of hydrogen-bond donors (Lipinski definition) is 2. The Morgan fingerprint density at radius 1 is 1.50 bits per heavy atom. The van der Waals surface area contributed by atoms with Gasteiger partial charge in [0.05, 0.1) is 6.10 Å². The Bertz CT molecular complexity index is 200. The molecule has 0 aromatic rings. The van der Waals surface area contributed by atoms with Gasteiger partial charge in [0.2, 0.25) is 0 Å². The van der Waals surface area contributed by atoms with Crippen LogP contribution in [0.3, 0.4) is 0 Å². The lowest BCUT2D eigenvalue weighted by atomic mass is 9.89. The van der Waals surface area contributed by atoms with E-state index in [0.717, 1.165) is 19.4 Å². The molecule has 0 amide bonds. The lowest BCUT2D eigenvalue weighted by Gasteiger charge is -2.40. The number of likely N-dealkylation sites (N-methyl/N-ethyl adjacent to an activating group) is 1. The van der Waals surface area contributed by atoms with Gasteiger partial charge >= 0.3 is 0 Å². The predicted molar refractivity (Wildman–Crippen MR) is 67.1 cm³/mol. The number of rotatable bonds is 6. The molecule has 0 aliphatic carbocycles. The van der Waals surface area contributed by atoms with Crippen molar-refractivity contribution in [1.82, 2.24) is 10.3 Å². The lowest BCUT2D eigenvalue weighted by Crippen LogP contribution is -2.57. The smallest absolute Gasteiger partial charge is 0.0576 e. The zero-order chi connectivity index (χ0) is 12.2. The van der Waals surface area contributed by atoms with Crippen molar-refractivity contribution in [2.24, 2.45) is 5.84 Å². The average Bonchev–Trinajstić information content (AvgIpc) is 2.71. The van der Waals surface area contributed by atoms with Gasteiger partial charge in [-0.2, -0.15) is 0 Å². The molecule has 1 saturated heterocycles. The summed E-state index contributed by atoms with van der Waals surface area (Å²) in [5.41, 5.74) is 3.01. The Morgan fingerprint density at radius 2 is 2.19 bits per heavy atom. The van der Waals surface area contributed by atoms with E-state index in [9.17, 15) is 0 Å². The molecule has 1 heterocycles. The van der Waals surface area contributed by atoms with Gasteiger partial charge in [0.1, 0.15) is 0 Å². The van der Waals surface area contributed by atoms with Crippen LogP contribution in [0.25, 0.3) is 0 Å². The maximum atomic E-state index is 5.66. The molecule has 4 nitrogen and oxygen atoms in total. The van der Waals surface area contributed by atoms with Crippen LogP contribution in [0.2, 0.25) is 0 Å². The quantitative estimate of drug-likeness (QED) is 0.529. The van der Waals surface area contributed by atoms with E-state index in [2.05, 4.69) is 38.3 Å². The highest BCUT2D eigenvalue weighted by atomic mass is 16.5. The van der Waals surface area contributed by atoms with Gasteiger partial charge in [-0.05, 0) is 53.6 Å². The van der Waals surface area contributed by atoms with Gasteiger partial charge in [0, 0.05) is 18.2 Å². The molecule has 3 N–H and O–H groups in total. The first kappa shape index (κ1) is 13.9. The van der Waals surface area contributed by atoms with E-state index in [1.54, 1.807) is 0 Å². The first-order valence-corrected chi connectivity index (χ1v) is 6.23. The largest absolute Gasteiger partial charge is 0.378 e. The van der Waals surface area contributed by atoms with Gasteiger partial charge < -0.3 is 9.64 Å². The van der Waals surface area contributed by atoms with Crippen LogP contribution in [-0.2, 0) is 4.74 Å². The molecular formula is C12H27N3O. The van der Waals surface area contributed by atoms with Crippen molar-refractivity contribution < 1.29 is 4.74 Å². The zero-order valence-electron chi connectivity index (χ0n) is 11.1. The summed E-state index contributed by atoms with van der Waals surface area (Å²) >= 11 is 0. The van der Waals surface area contributed by atoms with Gasteiger partial charge in [0.15, 0.2) is 0 Å². The van der Waals surface area contributed by atoms with E-state index in [1.165, 1.54) is 12.8 Å². The number of ether oxygens (including phenoxy) is 1. The van der Waals surface area contributed by atoms with Crippen LogP contribution in [-0.4, -0.2) is 43.3 Å². The highest BCUT2D eigenvalue weighted by Gasteiger charge is 2.31. The summed E-state index contributed by atoms with van der Waals surface area (Å²) in [4.78, 5) is 2.22. The second kappa shape index (κ2) is 5.96. The van der Waals surface area contributed by atoms with E-state index in [1.807, 2.05) is 0 Å². The molecule has 1 rings (SSSR count). The minimum absolute atomic E-state index is 0.0629. The van der Waals surface area contributed by atoms with Crippen molar-refractivity contribution in [2.75, 3.05) is 20.7 Å². The zero-order valence-corrected chi connectivity index (χ0v) is 11.1. The summed E-state index contributed by atoms with van der Waals surface area (Å²) in [7, 11) is 4.19. The Hall–Kier alpha value is -0.160. The fraction of sp³-hybridized carbons (Fsp3) is 1.00. The van der Waals surface area contributed by atoms with E-state index in [4.69, 9.17) is 10.6 Å². The van der Waals surface area contributed by atoms with Crippen molar-refractivity contribution in [3.63, 3.8) is 0 Å². The van der Waals surface area contributed by atoms with Crippen LogP contribution in [0.15, 0.2) is 0 Å². The molecule has 1 aliphatic rings. The van der Waals surface area contributed by atoms with Crippen LogP contribution >= 0.6 is 0 Å². The SMILES string of the molecule is CN(C)C(C)(C)C(CCC1CCCO1)NN. The molecule has 0 aromatic heterocycles. The average molecular weight is 229 g/mol. The highest BCUT2D eigenvalue weighted by molar-refractivity contribution is 4.90. The lowest BCUT2D eigenvalue weighted by molar-refractivity contribution is 0.0826. The molecule has 0 spiro atoms. The van der Waals surface area contributed by atoms with Crippen LogP contribution < -0.4 is 11.3 Å². The van der Waals surface area contributed by atoms with Gasteiger partial charge in [-0.25, -0.2) is 0 Å².